The summed E-state index contributed by atoms with van der Waals surface area (Å²) in [5, 5.41) is 3.18. The molecule has 0 atom stereocenters. The summed E-state index contributed by atoms with van der Waals surface area (Å²) in [7, 11) is 0. The average molecular weight is 340 g/mol. The summed E-state index contributed by atoms with van der Waals surface area (Å²) in [6.45, 7) is 0.321. The number of amides is 1. The van der Waals surface area contributed by atoms with Crippen LogP contribution in [0.3, 0.4) is 0 Å². The Morgan fingerprint density at radius 2 is 2.04 bits per heavy atom. The Morgan fingerprint density at radius 3 is 2.75 bits per heavy atom. The van der Waals surface area contributed by atoms with Crippen LogP contribution in [0.4, 0.5) is 5.69 Å². The van der Waals surface area contributed by atoms with Crippen molar-refractivity contribution in [1.29, 1.82) is 0 Å². The van der Waals surface area contributed by atoms with Gasteiger partial charge in [-0.05, 0) is 42.5 Å². The number of aromatic nitrogens is 2. The van der Waals surface area contributed by atoms with Crippen molar-refractivity contribution in [2.75, 3.05) is 5.32 Å². The van der Waals surface area contributed by atoms with E-state index in [1.54, 1.807) is 42.7 Å². The number of nitrogens with zero attached hydrogens (tertiary/aromatic N) is 2. The van der Waals surface area contributed by atoms with Gasteiger partial charge < -0.3 is 10.1 Å². The second-order valence-corrected chi connectivity index (χ2v) is 5.36. The maximum Gasteiger partial charge on any atom is 0.257 e. The lowest BCUT2D eigenvalue weighted by Gasteiger charge is -2.10. The predicted octanol–water partition coefficient (Wildman–Crippen LogP) is 3.96. The number of ether oxygens (including phenoxy) is 1. The summed E-state index contributed by atoms with van der Waals surface area (Å²) < 4.78 is 5.65. The quantitative estimate of drug-likeness (QED) is 0.764. The smallest absolute Gasteiger partial charge is 0.257 e. The maximum absolute atomic E-state index is 12.1. The van der Waals surface area contributed by atoms with Gasteiger partial charge in [0.15, 0.2) is 0 Å². The van der Waals surface area contributed by atoms with Gasteiger partial charge in [0.1, 0.15) is 12.4 Å². The number of carbonyl (C=O) groups is 1. The molecule has 6 heteroatoms. The van der Waals surface area contributed by atoms with Gasteiger partial charge in [0.2, 0.25) is 0 Å². The first-order valence-corrected chi connectivity index (χ1v) is 7.64. The summed E-state index contributed by atoms with van der Waals surface area (Å²) in [5.41, 5.74) is 1.87. The number of nitrogens with one attached hydrogen (secondary N) is 1. The normalized spacial score (nSPS) is 10.2. The summed E-state index contributed by atoms with van der Waals surface area (Å²) in [4.78, 5) is 20.2. The molecule has 0 bridgehead atoms. The van der Waals surface area contributed by atoms with Gasteiger partial charge in [-0.3, -0.25) is 14.8 Å². The zero-order chi connectivity index (χ0) is 16.8. The Bertz CT molecular complexity index is 826. The van der Waals surface area contributed by atoms with Gasteiger partial charge in [-0.25, -0.2) is 0 Å². The molecule has 1 aromatic carbocycles. The summed E-state index contributed by atoms with van der Waals surface area (Å²) in [5.74, 6) is 0.281. The largest absolute Gasteiger partial charge is 0.486 e. The third kappa shape index (κ3) is 4.08. The molecule has 1 N–H and O–H groups in total. The van der Waals surface area contributed by atoms with Crippen molar-refractivity contribution in [1.82, 2.24) is 9.97 Å². The number of hydrogen-bond donors (Lipinski definition) is 1. The predicted molar refractivity (Wildman–Crippen MR) is 92.2 cm³/mol. The molecule has 0 radical (unpaired) electrons. The molecule has 2 aromatic heterocycles. The van der Waals surface area contributed by atoms with Crippen LogP contribution < -0.4 is 10.1 Å². The van der Waals surface area contributed by atoms with E-state index in [4.69, 9.17) is 16.3 Å². The number of carbonyl (C=O) groups excluding carboxylic acids is 1. The van der Waals surface area contributed by atoms with Gasteiger partial charge in [0, 0.05) is 24.3 Å². The van der Waals surface area contributed by atoms with Crippen molar-refractivity contribution in [2.24, 2.45) is 0 Å². The van der Waals surface area contributed by atoms with Crippen LogP contribution in [0.1, 0.15) is 16.1 Å². The van der Waals surface area contributed by atoms with Crippen LogP contribution in [0, 0.1) is 0 Å². The highest BCUT2D eigenvalue weighted by molar-refractivity contribution is 6.32. The van der Waals surface area contributed by atoms with Crippen LogP contribution in [-0.4, -0.2) is 15.9 Å². The van der Waals surface area contributed by atoms with E-state index in [1.807, 2.05) is 18.2 Å². The molecule has 0 unspecified atom stereocenters. The molecule has 0 aliphatic rings. The highest BCUT2D eigenvalue weighted by Gasteiger charge is 2.08. The maximum atomic E-state index is 12.1. The third-order valence-electron chi connectivity index (χ3n) is 3.22. The van der Waals surface area contributed by atoms with Crippen LogP contribution in [-0.2, 0) is 6.61 Å². The number of hydrogen-bond acceptors (Lipinski definition) is 4. The molecular formula is C18H14ClN3O2. The Morgan fingerprint density at radius 1 is 1.12 bits per heavy atom. The van der Waals surface area contributed by atoms with Gasteiger partial charge in [-0.2, -0.15) is 0 Å². The van der Waals surface area contributed by atoms with E-state index >= 15 is 0 Å². The van der Waals surface area contributed by atoms with Crippen molar-refractivity contribution in [3.8, 4) is 5.75 Å². The minimum Gasteiger partial charge on any atom is -0.486 e. The SMILES string of the molecule is O=C(Nc1ccc(OCc2ccccn2)c(Cl)c1)c1cccnc1. The molecule has 120 valence electrons. The van der Waals surface area contributed by atoms with Crippen molar-refractivity contribution in [3.63, 3.8) is 0 Å². The Labute approximate surface area is 144 Å². The fourth-order valence-electron chi connectivity index (χ4n) is 2.03. The fourth-order valence-corrected chi connectivity index (χ4v) is 2.27. The molecular weight excluding hydrogens is 326 g/mol. The van der Waals surface area contributed by atoms with E-state index in [0.29, 0.717) is 28.6 Å². The van der Waals surface area contributed by atoms with E-state index in [1.165, 1.54) is 6.20 Å². The molecule has 24 heavy (non-hydrogen) atoms. The number of anilines is 1. The lowest BCUT2D eigenvalue weighted by atomic mass is 10.2. The number of rotatable bonds is 5. The molecule has 0 aliphatic carbocycles. The Hall–Kier alpha value is -2.92. The molecule has 0 fully saturated rings. The molecule has 3 aromatic rings. The van der Waals surface area contributed by atoms with Crippen LogP contribution in [0.25, 0.3) is 0 Å². The van der Waals surface area contributed by atoms with Crippen molar-refractivity contribution in [3.05, 3.63) is 83.4 Å². The first-order valence-electron chi connectivity index (χ1n) is 7.26. The average Bonchev–Trinajstić information content (AvgIpc) is 2.62. The lowest BCUT2D eigenvalue weighted by Crippen LogP contribution is -2.12. The minimum atomic E-state index is -0.249. The first kappa shape index (κ1) is 16.0. The highest BCUT2D eigenvalue weighted by Crippen LogP contribution is 2.28. The van der Waals surface area contributed by atoms with Crippen LogP contribution in [0.5, 0.6) is 5.75 Å². The zero-order valence-electron chi connectivity index (χ0n) is 12.6. The number of halogens is 1. The monoisotopic (exact) mass is 339 g/mol. The second-order valence-electron chi connectivity index (χ2n) is 4.95. The van der Waals surface area contributed by atoms with E-state index < -0.39 is 0 Å². The first-order chi connectivity index (χ1) is 11.7. The van der Waals surface area contributed by atoms with Crippen molar-refractivity contribution in [2.45, 2.75) is 6.61 Å². The lowest BCUT2D eigenvalue weighted by molar-refractivity contribution is 0.102. The van der Waals surface area contributed by atoms with E-state index in [9.17, 15) is 4.79 Å². The molecule has 0 saturated heterocycles. The summed E-state index contributed by atoms with van der Waals surface area (Å²) in [6.07, 6.45) is 4.82. The summed E-state index contributed by atoms with van der Waals surface area (Å²) >= 11 is 6.22. The Kier molecular flexibility index (Phi) is 5.03. The van der Waals surface area contributed by atoms with Crippen LogP contribution in [0.15, 0.2) is 67.1 Å². The van der Waals surface area contributed by atoms with Gasteiger partial charge in [-0.15, -0.1) is 0 Å². The van der Waals surface area contributed by atoms with E-state index in [-0.39, 0.29) is 5.91 Å². The van der Waals surface area contributed by atoms with Gasteiger partial charge in [0.25, 0.3) is 5.91 Å². The Balaban J connectivity index is 1.65. The second kappa shape index (κ2) is 7.57. The van der Waals surface area contributed by atoms with E-state index in [2.05, 4.69) is 15.3 Å². The molecule has 0 saturated carbocycles. The molecule has 1 amide bonds. The zero-order valence-corrected chi connectivity index (χ0v) is 13.4. The molecule has 3 rings (SSSR count). The van der Waals surface area contributed by atoms with Crippen LogP contribution in [0.2, 0.25) is 5.02 Å². The third-order valence-corrected chi connectivity index (χ3v) is 3.51. The molecule has 2 heterocycles. The topological polar surface area (TPSA) is 64.1 Å². The van der Waals surface area contributed by atoms with Gasteiger partial charge in [0.05, 0.1) is 16.3 Å². The van der Waals surface area contributed by atoms with Crippen LogP contribution >= 0.6 is 11.6 Å². The molecule has 5 nitrogen and oxygen atoms in total. The fraction of sp³-hybridized carbons (Fsp3) is 0.0556. The standard InChI is InChI=1S/C18H14ClN3O2/c19-16-10-14(22-18(23)13-4-3-8-20-11-13)6-7-17(16)24-12-15-5-1-2-9-21-15/h1-11H,12H2,(H,22,23). The number of pyridine rings is 2. The van der Waals surface area contributed by atoms with Gasteiger partial charge >= 0.3 is 0 Å². The number of benzene rings is 1. The highest BCUT2D eigenvalue weighted by atomic mass is 35.5. The van der Waals surface area contributed by atoms with Crippen molar-refractivity contribution >= 4 is 23.2 Å². The van der Waals surface area contributed by atoms with Crippen molar-refractivity contribution < 1.29 is 9.53 Å². The summed E-state index contributed by atoms with van der Waals surface area (Å²) in [6, 6.07) is 14.1. The minimum absolute atomic E-state index is 0.249. The van der Waals surface area contributed by atoms with Gasteiger partial charge in [-0.1, -0.05) is 17.7 Å². The van der Waals surface area contributed by atoms with E-state index in [0.717, 1.165) is 5.69 Å². The molecule has 0 spiro atoms. The molecule has 0 aliphatic heterocycles.